The predicted molar refractivity (Wildman–Crippen MR) is 144 cm³/mol. The summed E-state index contributed by atoms with van der Waals surface area (Å²) in [5, 5.41) is 10.1. The molecule has 0 spiro atoms. The number of rotatable bonds is 10. The summed E-state index contributed by atoms with van der Waals surface area (Å²) in [4.78, 5) is 41.9. The van der Waals surface area contributed by atoms with E-state index in [4.69, 9.17) is 14.2 Å². The Bertz CT molecular complexity index is 940. The largest absolute Gasteiger partial charge is 0.480 e. The number of carbonyl (C=O) groups is 3. The molecule has 1 N–H and O–H groups in total. The molecule has 1 fully saturated rings. The zero-order valence-electron chi connectivity index (χ0n) is 24.4. The highest BCUT2D eigenvalue weighted by Gasteiger charge is 2.52. The van der Waals surface area contributed by atoms with E-state index in [0.717, 1.165) is 5.56 Å². The molecule has 2 rings (SSSR count). The molecule has 1 aromatic rings. The first kappa shape index (κ1) is 31.4. The van der Waals surface area contributed by atoms with E-state index < -0.39 is 47.7 Å². The fourth-order valence-corrected chi connectivity index (χ4v) is 4.77. The molecule has 3 atom stereocenters. The van der Waals surface area contributed by atoms with Crippen molar-refractivity contribution in [3.05, 3.63) is 35.9 Å². The number of carboxylic acids is 1. The molecular weight excluding hydrogens is 488 g/mol. The lowest BCUT2D eigenvalue weighted by molar-refractivity contribution is -0.144. The molecule has 0 aliphatic carbocycles. The van der Waals surface area contributed by atoms with Crippen LogP contribution in [0.15, 0.2) is 30.3 Å². The molecule has 214 valence electrons. The van der Waals surface area contributed by atoms with Crippen molar-refractivity contribution in [2.45, 2.75) is 111 Å². The fourth-order valence-electron chi connectivity index (χ4n) is 4.77. The van der Waals surface area contributed by atoms with E-state index in [1.165, 1.54) is 4.90 Å². The van der Waals surface area contributed by atoms with Gasteiger partial charge in [0.15, 0.2) is 0 Å². The molecule has 9 heteroatoms. The maximum absolute atomic E-state index is 13.4. The van der Waals surface area contributed by atoms with Crippen molar-refractivity contribution in [1.29, 1.82) is 0 Å². The minimum atomic E-state index is -1.11. The van der Waals surface area contributed by atoms with Crippen LogP contribution in [0.25, 0.3) is 0 Å². The van der Waals surface area contributed by atoms with E-state index >= 15 is 0 Å². The van der Waals surface area contributed by atoms with E-state index in [9.17, 15) is 19.5 Å². The van der Waals surface area contributed by atoms with Gasteiger partial charge in [-0.1, -0.05) is 58.0 Å². The maximum atomic E-state index is 13.4. The molecule has 9 nitrogen and oxygen atoms in total. The molecule has 1 saturated heterocycles. The molecule has 2 amide bonds. The summed E-state index contributed by atoms with van der Waals surface area (Å²) < 4.78 is 17.7. The van der Waals surface area contributed by atoms with Crippen LogP contribution in [-0.4, -0.2) is 69.1 Å². The number of amides is 2. The number of aliphatic carboxylic acids is 1. The lowest BCUT2D eigenvalue weighted by Crippen LogP contribution is -2.53. The monoisotopic (exact) mass is 534 g/mol. The fraction of sp³-hybridized carbons (Fsp3) is 0.690. The second-order valence-corrected chi connectivity index (χ2v) is 12.3. The van der Waals surface area contributed by atoms with Crippen LogP contribution >= 0.6 is 0 Å². The molecule has 1 aromatic carbocycles. The minimum Gasteiger partial charge on any atom is -0.480 e. The van der Waals surface area contributed by atoms with Crippen LogP contribution in [0.3, 0.4) is 0 Å². The second kappa shape index (κ2) is 12.8. The Morgan fingerprint density at radius 3 is 2.18 bits per heavy atom. The Morgan fingerprint density at radius 1 is 1.08 bits per heavy atom. The first-order chi connectivity index (χ1) is 17.5. The van der Waals surface area contributed by atoms with E-state index in [1.807, 2.05) is 58.0 Å². The molecule has 0 bridgehead atoms. The van der Waals surface area contributed by atoms with E-state index in [2.05, 4.69) is 0 Å². The lowest BCUT2D eigenvalue weighted by atomic mass is 9.96. The summed E-state index contributed by atoms with van der Waals surface area (Å²) in [5.74, 6) is -0.891. The third-order valence-electron chi connectivity index (χ3n) is 6.26. The standard InChI is InChI=1S/C29H46N2O7/c1-19(2)15-22-24(37-29(8,9)31(22)27(35)38-28(5,6)7)17-30(23(25(32)33)16-20(3)4)26(34)36-18-21-13-11-10-12-14-21/h10-14,19-20,22-24H,15-18H2,1-9H3,(H,32,33)/t22?,23-,24?/m1/s1. The predicted octanol–water partition coefficient (Wildman–Crippen LogP) is 5.91. The average molecular weight is 535 g/mol. The number of carbonyl (C=O) groups excluding carboxylic acids is 2. The van der Waals surface area contributed by atoms with Gasteiger partial charge in [0.2, 0.25) is 0 Å². The van der Waals surface area contributed by atoms with Gasteiger partial charge < -0.3 is 19.3 Å². The molecule has 2 unspecified atom stereocenters. The summed E-state index contributed by atoms with van der Waals surface area (Å²) in [6.45, 7) is 16.8. The van der Waals surface area contributed by atoms with Crippen molar-refractivity contribution in [1.82, 2.24) is 9.80 Å². The molecule has 1 heterocycles. The number of ether oxygens (including phenoxy) is 3. The zero-order valence-corrected chi connectivity index (χ0v) is 24.4. The van der Waals surface area contributed by atoms with Crippen LogP contribution in [0.4, 0.5) is 9.59 Å². The first-order valence-corrected chi connectivity index (χ1v) is 13.4. The van der Waals surface area contributed by atoms with Crippen LogP contribution in [0.2, 0.25) is 0 Å². The van der Waals surface area contributed by atoms with Crippen LogP contribution in [0.1, 0.15) is 80.7 Å². The van der Waals surface area contributed by atoms with Gasteiger partial charge in [0.05, 0.1) is 18.7 Å². The van der Waals surface area contributed by atoms with Crippen molar-refractivity contribution >= 4 is 18.2 Å². The average Bonchev–Trinajstić information content (AvgIpc) is 3.02. The van der Waals surface area contributed by atoms with Crippen molar-refractivity contribution < 1.29 is 33.7 Å². The molecule has 1 aliphatic heterocycles. The van der Waals surface area contributed by atoms with Gasteiger partial charge in [0.25, 0.3) is 0 Å². The summed E-state index contributed by atoms with van der Waals surface area (Å²) >= 11 is 0. The highest BCUT2D eigenvalue weighted by Crippen LogP contribution is 2.37. The Kier molecular flexibility index (Phi) is 10.6. The number of carboxylic acid groups (broad SMARTS) is 1. The zero-order chi connectivity index (χ0) is 28.8. The van der Waals surface area contributed by atoms with Crippen LogP contribution in [-0.2, 0) is 25.6 Å². The normalized spacial score (nSPS) is 19.9. The molecule has 0 radical (unpaired) electrons. The number of hydrogen-bond acceptors (Lipinski definition) is 6. The molecular formula is C29H46N2O7. The molecule has 0 saturated carbocycles. The Hall–Kier alpha value is -2.81. The highest BCUT2D eigenvalue weighted by atomic mass is 16.6. The van der Waals surface area contributed by atoms with Crippen molar-refractivity contribution in [2.24, 2.45) is 11.8 Å². The minimum absolute atomic E-state index is 0.0145. The quantitative estimate of drug-likeness (QED) is 0.398. The van der Waals surface area contributed by atoms with Gasteiger partial charge in [0, 0.05) is 0 Å². The topological polar surface area (TPSA) is 106 Å². The Morgan fingerprint density at radius 2 is 1.68 bits per heavy atom. The van der Waals surface area contributed by atoms with Crippen molar-refractivity contribution in [3.8, 4) is 0 Å². The SMILES string of the molecule is CC(C)CC1C(CN(C(=O)OCc2ccccc2)[C@H](CC(C)C)C(=O)O)OC(C)(C)N1C(=O)OC(C)(C)C. The summed E-state index contributed by atoms with van der Waals surface area (Å²) in [6.07, 6.45) is -1.05. The van der Waals surface area contributed by atoms with E-state index in [1.54, 1.807) is 39.5 Å². The maximum Gasteiger partial charge on any atom is 0.412 e. The van der Waals surface area contributed by atoms with E-state index in [-0.39, 0.29) is 31.4 Å². The van der Waals surface area contributed by atoms with Gasteiger partial charge in [-0.3, -0.25) is 9.80 Å². The third-order valence-corrected chi connectivity index (χ3v) is 6.26. The number of benzene rings is 1. The highest BCUT2D eigenvalue weighted by molar-refractivity contribution is 5.80. The molecule has 1 aliphatic rings. The lowest BCUT2D eigenvalue weighted by Gasteiger charge is -2.36. The Balaban J connectivity index is 2.41. The first-order valence-electron chi connectivity index (χ1n) is 13.4. The van der Waals surface area contributed by atoms with Crippen LogP contribution in [0.5, 0.6) is 0 Å². The van der Waals surface area contributed by atoms with E-state index in [0.29, 0.717) is 6.42 Å². The number of hydrogen-bond donors (Lipinski definition) is 1. The van der Waals surface area contributed by atoms with Gasteiger partial charge in [-0.05, 0) is 64.9 Å². The Labute approximate surface area is 227 Å². The van der Waals surface area contributed by atoms with Gasteiger partial charge in [-0.15, -0.1) is 0 Å². The van der Waals surface area contributed by atoms with Gasteiger partial charge in [0.1, 0.15) is 24.0 Å². The molecule has 38 heavy (non-hydrogen) atoms. The van der Waals surface area contributed by atoms with Crippen LogP contribution in [0, 0.1) is 11.8 Å². The third kappa shape index (κ3) is 8.89. The van der Waals surface area contributed by atoms with Gasteiger partial charge in [-0.25, -0.2) is 14.4 Å². The van der Waals surface area contributed by atoms with Gasteiger partial charge >= 0.3 is 18.2 Å². The smallest absolute Gasteiger partial charge is 0.412 e. The summed E-state index contributed by atoms with van der Waals surface area (Å²) in [5.41, 5.74) is -0.932. The second-order valence-electron chi connectivity index (χ2n) is 12.3. The summed E-state index contributed by atoms with van der Waals surface area (Å²) in [7, 11) is 0. The number of nitrogens with zero attached hydrogens (tertiary/aromatic N) is 2. The van der Waals surface area contributed by atoms with Crippen molar-refractivity contribution in [3.63, 3.8) is 0 Å². The molecule has 0 aromatic heterocycles. The summed E-state index contributed by atoms with van der Waals surface area (Å²) in [6, 6.07) is 7.68. The van der Waals surface area contributed by atoms with Crippen molar-refractivity contribution in [2.75, 3.05) is 6.54 Å². The van der Waals surface area contributed by atoms with Gasteiger partial charge in [-0.2, -0.15) is 0 Å². The van der Waals surface area contributed by atoms with Crippen LogP contribution < -0.4 is 0 Å².